The van der Waals surface area contributed by atoms with Gasteiger partial charge in [-0.3, -0.25) is 0 Å². The number of benzene rings is 1. The molecule has 1 heterocycles. The number of nitrogens with two attached hydrogens (primary N) is 1. The molecule has 2 N–H and O–H groups in total. The highest BCUT2D eigenvalue weighted by Crippen LogP contribution is 2.28. The first kappa shape index (κ1) is 14.5. The smallest absolute Gasteiger partial charge is 0.182 e. The first-order chi connectivity index (χ1) is 10.2. The van der Waals surface area contributed by atoms with Crippen LogP contribution >= 0.6 is 15.9 Å². The highest BCUT2D eigenvalue weighted by Gasteiger charge is 2.20. The average Bonchev–Trinajstić information content (AvgIpc) is 3.13. The molecule has 1 aromatic heterocycles. The van der Waals surface area contributed by atoms with E-state index >= 15 is 0 Å². The van der Waals surface area contributed by atoms with Crippen molar-refractivity contribution in [3.63, 3.8) is 0 Å². The zero-order valence-corrected chi connectivity index (χ0v) is 13.3. The van der Waals surface area contributed by atoms with Gasteiger partial charge >= 0.3 is 0 Å². The van der Waals surface area contributed by atoms with Crippen LogP contribution in [0, 0.1) is 5.92 Å². The summed E-state index contributed by atoms with van der Waals surface area (Å²) in [6.45, 7) is 2.38. The van der Waals surface area contributed by atoms with Gasteiger partial charge in [0.2, 0.25) is 0 Å². The van der Waals surface area contributed by atoms with Gasteiger partial charge in [-0.05, 0) is 53.8 Å². The fraction of sp³-hybridized carbons (Fsp3) is 0.500. The fourth-order valence-corrected chi connectivity index (χ4v) is 2.67. The summed E-state index contributed by atoms with van der Waals surface area (Å²) in [5.41, 5.74) is 7.45. The summed E-state index contributed by atoms with van der Waals surface area (Å²) < 4.78 is 8.34. The molecule has 1 fully saturated rings. The Morgan fingerprint density at radius 3 is 2.95 bits per heavy atom. The molecule has 6 nitrogen and oxygen atoms in total. The molecular weight excluding hydrogens is 334 g/mol. The molecule has 0 bridgehead atoms. The summed E-state index contributed by atoms with van der Waals surface area (Å²) >= 11 is 3.44. The number of anilines is 1. The Morgan fingerprint density at radius 2 is 2.19 bits per heavy atom. The molecule has 0 unspecified atom stereocenters. The highest BCUT2D eigenvalue weighted by molar-refractivity contribution is 9.10. The van der Waals surface area contributed by atoms with E-state index in [2.05, 4.69) is 31.5 Å². The molecule has 1 aliphatic rings. The Balaban J connectivity index is 1.60. The van der Waals surface area contributed by atoms with Gasteiger partial charge in [-0.15, -0.1) is 5.10 Å². The van der Waals surface area contributed by atoms with Gasteiger partial charge in [-0.25, -0.2) is 4.68 Å². The normalized spacial score (nSPS) is 14.5. The maximum Gasteiger partial charge on any atom is 0.182 e. The topological polar surface area (TPSA) is 78.9 Å². The van der Waals surface area contributed by atoms with Crippen LogP contribution in [0.5, 0.6) is 0 Å². The molecule has 1 aliphatic carbocycles. The highest BCUT2D eigenvalue weighted by atomic mass is 79.9. The zero-order valence-electron chi connectivity index (χ0n) is 11.7. The van der Waals surface area contributed by atoms with Crippen molar-refractivity contribution in [1.82, 2.24) is 20.2 Å². The molecule has 0 amide bonds. The van der Waals surface area contributed by atoms with E-state index in [1.807, 2.05) is 18.2 Å². The van der Waals surface area contributed by atoms with E-state index < -0.39 is 0 Å². The number of aryl methyl sites for hydroxylation is 1. The second-order valence-corrected chi connectivity index (χ2v) is 6.29. The van der Waals surface area contributed by atoms with E-state index in [0.29, 0.717) is 5.69 Å². The first-order valence-corrected chi connectivity index (χ1v) is 7.92. The fourth-order valence-electron chi connectivity index (χ4n) is 2.15. The lowest BCUT2D eigenvalue weighted by atomic mass is 10.2. The second-order valence-electron chi connectivity index (χ2n) is 5.37. The average molecular weight is 352 g/mol. The largest absolute Gasteiger partial charge is 0.399 e. The predicted octanol–water partition coefficient (Wildman–Crippen LogP) is 2.50. The van der Waals surface area contributed by atoms with Gasteiger partial charge in [0.25, 0.3) is 0 Å². The molecule has 0 saturated heterocycles. The number of hydrogen-bond donors (Lipinski definition) is 1. The minimum Gasteiger partial charge on any atom is -0.399 e. The van der Waals surface area contributed by atoms with Crippen LogP contribution in [0.2, 0.25) is 0 Å². The van der Waals surface area contributed by atoms with E-state index in [1.54, 1.807) is 4.68 Å². The summed E-state index contributed by atoms with van der Waals surface area (Å²) in [5.74, 6) is 1.53. The van der Waals surface area contributed by atoms with Crippen molar-refractivity contribution in [3.05, 3.63) is 22.7 Å². The summed E-state index contributed by atoms with van der Waals surface area (Å²) in [5, 5.41) is 11.9. The Kier molecular flexibility index (Phi) is 4.50. The van der Waals surface area contributed by atoms with Gasteiger partial charge in [0.15, 0.2) is 5.82 Å². The van der Waals surface area contributed by atoms with Gasteiger partial charge in [0.05, 0.1) is 0 Å². The lowest BCUT2D eigenvalue weighted by Crippen LogP contribution is -2.07. The van der Waals surface area contributed by atoms with Crippen molar-refractivity contribution in [2.45, 2.75) is 25.8 Å². The standard InChI is InChI=1S/C14H18BrN5O/c15-12-6-11(7-13(16)8-12)14-17-18-19-20(14)4-1-5-21-9-10-2-3-10/h6-8,10H,1-5,9,16H2. The van der Waals surface area contributed by atoms with Gasteiger partial charge in [0.1, 0.15) is 0 Å². The van der Waals surface area contributed by atoms with Crippen LogP contribution in [-0.4, -0.2) is 33.4 Å². The van der Waals surface area contributed by atoms with E-state index in [9.17, 15) is 0 Å². The van der Waals surface area contributed by atoms with Crippen molar-refractivity contribution in [2.24, 2.45) is 5.92 Å². The van der Waals surface area contributed by atoms with Crippen LogP contribution in [0.3, 0.4) is 0 Å². The number of tetrazole rings is 1. The molecule has 3 rings (SSSR count). The number of nitrogens with zero attached hydrogens (tertiary/aromatic N) is 4. The number of ether oxygens (including phenoxy) is 1. The molecular formula is C14H18BrN5O. The Bertz CT molecular complexity index is 591. The molecule has 0 spiro atoms. The third-order valence-electron chi connectivity index (χ3n) is 3.42. The number of hydrogen-bond acceptors (Lipinski definition) is 5. The Hall–Kier alpha value is -1.47. The van der Waals surface area contributed by atoms with Crippen LogP contribution in [0.25, 0.3) is 11.4 Å². The number of nitrogen functional groups attached to an aromatic ring is 1. The predicted molar refractivity (Wildman–Crippen MR) is 83.5 cm³/mol. The quantitative estimate of drug-likeness (QED) is 0.612. The minimum absolute atomic E-state index is 0.682. The monoisotopic (exact) mass is 351 g/mol. The molecule has 2 aromatic rings. The third-order valence-corrected chi connectivity index (χ3v) is 3.88. The van der Waals surface area contributed by atoms with Crippen LogP contribution < -0.4 is 5.73 Å². The number of rotatable bonds is 7. The number of aromatic nitrogens is 4. The van der Waals surface area contributed by atoms with E-state index in [-0.39, 0.29) is 0 Å². The molecule has 21 heavy (non-hydrogen) atoms. The van der Waals surface area contributed by atoms with Crippen molar-refractivity contribution < 1.29 is 4.74 Å². The van der Waals surface area contributed by atoms with Crippen molar-refractivity contribution in [3.8, 4) is 11.4 Å². The molecule has 0 aliphatic heterocycles. The number of halogens is 1. The maximum atomic E-state index is 5.86. The summed E-state index contributed by atoms with van der Waals surface area (Å²) in [4.78, 5) is 0. The summed E-state index contributed by atoms with van der Waals surface area (Å²) in [6.07, 6.45) is 3.54. The van der Waals surface area contributed by atoms with Gasteiger partial charge < -0.3 is 10.5 Å². The van der Waals surface area contributed by atoms with E-state index in [0.717, 1.165) is 48.0 Å². The Labute approximate surface area is 131 Å². The lowest BCUT2D eigenvalue weighted by Gasteiger charge is -2.06. The van der Waals surface area contributed by atoms with E-state index in [1.165, 1.54) is 12.8 Å². The van der Waals surface area contributed by atoms with Crippen LogP contribution in [0.1, 0.15) is 19.3 Å². The van der Waals surface area contributed by atoms with Crippen molar-refractivity contribution in [1.29, 1.82) is 0 Å². The van der Waals surface area contributed by atoms with Crippen molar-refractivity contribution in [2.75, 3.05) is 18.9 Å². The molecule has 112 valence electrons. The summed E-state index contributed by atoms with van der Waals surface area (Å²) in [7, 11) is 0. The minimum atomic E-state index is 0.682. The SMILES string of the molecule is Nc1cc(Br)cc(-c2nnnn2CCCOCC2CC2)c1. The van der Waals surface area contributed by atoms with Crippen LogP contribution in [0.4, 0.5) is 5.69 Å². The summed E-state index contributed by atoms with van der Waals surface area (Å²) in [6, 6.07) is 5.68. The maximum absolute atomic E-state index is 5.86. The molecule has 0 radical (unpaired) electrons. The van der Waals surface area contributed by atoms with E-state index in [4.69, 9.17) is 10.5 Å². The Morgan fingerprint density at radius 1 is 1.33 bits per heavy atom. The second kappa shape index (κ2) is 6.53. The van der Waals surface area contributed by atoms with Gasteiger partial charge in [-0.2, -0.15) is 0 Å². The molecule has 7 heteroatoms. The van der Waals surface area contributed by atoms with Crippen LogP contribution in [0.15, 0.2) is 22.7 Å². The van der Waals surface area contributed by atoms with Gasteiger partial charge in [-0.1, -0.05) is 15.9 Å². The first-order valence-electron chi connectivity index (χ1n) is 7.13. The van der Waals surface area contributed by atoms with Crippen molar-refractivity contribution >= 4 is 21.6 Å². The van der Waals surface area contributed by atoms with Crippen LogP contribution in [-0.2, 0) is 11.3 Å². The molecule has 1 saturated carbocycles. The molecule has 1 aromatic carbocycles. The lowest BCUT2D eigenvalue weighted by molar-refractivity contribution is 0.118. The zero-order chi connectivity index (χ0) is 14.7. The third kappa shape index (κ3) is 4.01. The molecule has 0 atom stereocenters. The van der Waals surface area contributed by atoms with Gasteiger partial charge in [0, 0.05) is 35.5 Å².